The summed E-state index contributed by atoms with van der Waals surface area (Å²) in [6, 6.07) is 11.4. The van der Waals surface area contributed by atoms with E-state index in [2.05, 4.69) is 62.7 Å². The minimum Gasteiger partial charge on any atom is -0.493 e. The van der Waals surface area contributed by atoms with Gasteiger partial charge in [0.25, 0.3) is 5.89 Å². The third-order valence-electron chi connectivity index (χ3n) is 6.86. The van der Waals surface area contributed by atoms with Crippen molar-refractivity contribution < 1.29 is 83.8 Å². The summed E-state index contributed by atoms with van der Waals surface area (Å²) in [6.45, 7) is -1.74. The zero-order chi connectivity index (χ0) is 40.7. The van der Waals surface area contributed by atoms with Crippen molar-refractivity contribution in [2.24, 2.45) is 0 Å². The molecule has 0 aliphatic rings. The topological polar surface area (TPSA) is 48.2 Å². The quantitative estimate of drug-likeness (QED) is 0.0917. The average Bonchev–Trinajstić information content (AvgIpc) is 3.53. The molecule has 3 aromatic rings. The molecule has 0 aliphatic carbocycles. The minimum atomic E-state index is -8.67. The fourth-order valence-corrected chi connectivity index (χ4v) is 4.30. The fourth-order valence-electron chi connectivity index (χ4n) is 3.82. The lowest BCUT2D eigenvalue weighted by Crippen LogP contribution is -2.74. The van der Waals surface area contributed by atoms with Crippen LogP contribution in [0.4, 0.5) is 74.6 Å². The number of hydrogen-bond donors (Lipinski definition) is 0. The molecule has 294 valence electrons. The van der Waals surface area contributed by atoms with Crippen LogP contribution in [0.3, 0.4) is 0 Å². The van der Waals surface area contributed by atoms with Gasteiger partial charge in [-0.3, -0.25) is 0 Å². The second-order valence-corrected chi connectivity index (χ2v) is 17.4. The van der Waals surface area contributed by atoms with Gasteiger partial charge in [0.05, 0.1) is 13.0 Å². The number of alkyl halides is 20. The molecule has 1 aromatic heterocycles. The molecule has 0 N–H and O–H groups in total. The van der Waals surface area contributed by atoms with Crippen LogP contribution in [0.25, 0.3) is 24.3 Å². The van der Waals surface area contributed by atoms with Gasteiger partial charge in [0.2, 0.25) is 8.03 Å². The molecule has 4 nitrogen and oxygen atoms in total. The van der Waals surface area contributed by atoms with E-state index in [9.17, 15) is 74.6 Å². The Hall–Kier alpha value is -2.89. The van der Waals surface area contributed by atoms with Crippen LogP contribution in [-0.4, -0.2) is 64.4 Å². The first-order valence-corrected chi connectivity index (χ1v) is 16.0. The van der Waals surface area contributed by atoms with Crippen LogP contribution in [-0.2, 0) is 2.14 Å². The van der Waals surface area contributed by atoms with Gasteiger partial charge >= 0.3 is 47.6 Å². The summed E-state index contributed by atoms with van der Waals surface area (Å²) in [5, 5.41) is 7.68. The Labute approximate surface area is 310 Å². The smallest absolute Gasteiger partial charge is 0.460 e. The highest BCUT2D eigenvalue weighted by atomic mass is 80.0. The third-order valence-corrected chi connectivity index (χ3v) is 7.88. The van der Waals surface area contributed by atoms with Crippen molar-refractivity contribution in [3.8, 4) is 5.75 Å². The van der Waals surface area contributed by atoms with Gasteiger partial charge in [-0.1, -0.05) is 48.6 Å². The fraction of sp³-hybridized carbons (Fsp3) is 0.379. The maximum Gasteiger partial charge on any atom is 0.460 e. The van der Waals surface area contributed by atoms with Gasteiger partial charge < -0.3 is 9.15 Å². The van der Waals surface area contributed by atoms with Gasteiger partial charge in [-0.15, -0.1) is 10.2 Å². The Morgan fingerprint density at radius 2 is 0.887 bits per heavy atom. The van der Waals surface area contributed by atoms with Crippen molar-refractivity contribution in [1.29, 1.82) is 0 Å². The van der Waals surface area contributed by atoms with E-state index >= 15 is 0 Å². The monoisotopic (exact) mass is 984 g/mol. The van der Waals surface area contributed by atoms with Crippen molar-refractivity contribution in [1.82, 2.24) is 10.2 Å². The lowest BCUT2D eigenvalue weighted by Gasteiger charge is -2.42. The van der Waals surface area contributed by atoms with E-state index in [1.54, 1.807) is 42.5 Å². The second kappa shape index (κ2) is 15.0. The van der Waals surface area contributed by atoms with E-state index in [1.807, 2.05) is 0 Å². The van der Waals surface area contributed by atoms with E-state index in [0.29, 0.717) is 11.1 Å². The lowest BCUT2D eigenvalue weighted by atomic mass is 9.88. The maximum atomic E-state index is 14.1. The Bertz CT molecular complexity index is 1770. The van der Waals surface area contributed by atoms with E-state index in [4.69, 9.17) is 4.42 Å². The van der Waals surface area contributed by atoms with Crippen LogP contribution in [0.2, 0.25) is 0 Å². The summed E-state index contributed by atoms with van der Waals surface area (Å²) in [4.78, 5) is 0. The van der Waals surface area contributed by atoms with Gasteiger partial charge in [-0.2, -0.15) is 74.6 Å². The first-order valence-electron chi connectivity index (χ1n) is 13.6. The summed E-state index contributed by atoms with van der Waals surface area (Å²) in [6.07, 6.45) is -4.14. The summed E-state index contributed by atoms with van der Waals surface area (Å²) in [5.74, 6) is -56.7. The van der Waals surface area contributed by atoms with Crippen LogP contribution in [0, 0.1) is 0 Å². The number of hydrogen-bond acceptors (Lipinski definition) is 4. The molecular weight excluding hydrogens is 971 g/mol. The van der Waals surface area contributed by atoms with Gasteiger partial charge in [0.1, 0.15) is 5.75 Å². The SMILES string of the molecule is FC(F)(F)C(F)(F)C(F)(F)C(F)(F)C(F)(F)C(F)(F)C(F)(F)C(F)(F)CCOc1ccc(/C=C/c2ccc(/C=C/c3nnc(C(Br)(Br)Br)o3)cc2)cc1. The molecule has 53 heavy (non-hydrogen) atoms. The summed E-state index contributed by atoms with van der Waals surface area (Å²) in [7, 11) is 0. The molecule has 0 fully saturated rings. The van der Waals surface area contributed by atoms with E-state index in [-0.39, 0.29) is 11.8 Å². The molecule has 0 saturated carbocycles. The molecule has 24 heteroatoms. The molecule has 0 spiro atoms. The minimum absolute atomic E-state index is 0.201. The molecule has 0 aliphatic heterocycles. The number of ether oxygens (including phenoxy) is 1. The Morgan fingerprint density at radius 3 is 1.28 bits per heavy atom. The molecule has 2 aromatic carbocycles. The van der Waals surface area contributed by atoms with Crippen LogP contribution < -0.4 is 4.74 Å². The van der Waals surface area contributed by atoms with Crippen molar-refractivity contribution in [3.05, 3.63) is 77.0 Å². The first-order chi connectivity index (χ1) is 23.8. The van der Waals surface area contributed by atoms with E-state index in [1.165, 1.54) is 18.2 Å². The summed E-state index contributed by atoms with van der Waals surface area (Å²) in [5.41, 5.74) is 1.82. The van der Waals surface area contributed by atoms with E-state index < -0.39 is 68.6 Å². The van der Waals surface area contributed by atoms with Crippen molar-refractivity contribution >= 4 is 72.1 Å². The van der Waals surface area contributed by atoms with E-state index in [0.717, 1.165) is 17.7 Å². The van der Waals surface area contributed by atoms with Crippen molar-refractivity contribution in [2.45, 2.75) is 56.2 Å². The standard InChI is InChI=1S/C29H16Br3F17N2O2/c30-22(31,32)20-51-50-19(53-20)12-9-16-4-1-15(2-5-16)3-6-17-7-10-18(11-8-17)52-14-13-21(33,34)23(35,36)24(37,38)25(39,40)26(41,42)27(43,44)28(45,46)29(47,48)49/h1-12H,13-14H2/b6-3+,12-9+. The van der Waals surface area contributed by atoms with Crippen molar-refractivity contribution in [2.75, 3.05) is 6.61 Å². The normalized spacial score (nSPS) is 14.8. The highest BCUT2D eigenvalue weighted by Crippen LogP contribution is 2.64. The summed E-state index contributed by atoms with van der Waals surface area (Å²) >= 11 is 9.69. The van der Waals surface area contributed by atoms with Crippen LogP contribution in [0.1, 0.15) is 34.9 Å². The zero-order valence-electron chi connectivity index (χ0n) is 25.1. The number of benzene rings is 2. The highest BCUT2D eigenvalue weighted by molar-refractivity contribution is 9.38. The van der Waals surface area contributed by atoms with Crippen LogP contribution in [0.5, 0.6) is 5.75 Å². The Balaban J connectivity index is 1.64. The molecule has 0 unspecified atom stereocenters. The summed E-state index contributed by atoms with van der Waals surface area (Å²) < 4.78 is 237. The molecule has 0 bridgehead atoms. The molecule has 0 amide bonds. The van der Waals surface area contributed by atoms with Crippen LogP contribution >= 0.6 is 47.8 Å². The Morgan fingerprint density at radius 1 is 0.509 bits per heavy atom. The average molecular weight is 987 g/mol. The zero-order valence-corrected chi connectivity index (χ0v) is 29.9. The Kier molecular flexibility index (Phi) is 12.6. The van der Waals surface area contributed by atoms with Gasteiger partial charge in [0.15, 0.2) is 0 Å². The van der Waals surface area contributed by atoms with Gasteiger partial charge in [0, 0.05) is 6.08 Å². The maximum absolute atomic E-state index is 14.1. The van der Waals surface area contributed by atoms with Crippen LogP contribution in [0.15, 0.2) is 52.9 Å². The number of rotatable bonds is 14. The molecule has 0 radical (unpaired) electrons. The molecule has 3 rings (SSSR count). The number of nitrogens with zero attached hydrogens (tertiary/aromatic N) is 2. The third kappa shape index (κ3) is 8.67. The van der Waals surface area contributed by atoms with Gasteiger partial charge in [-0.25, -0.2) is 0 Å². The molecule has 0 atom stereocenters. The molecular formula is C29H16Br3F17N2O2. The highest BCUT2D eigenvalue weighted by Gasteiger charge is 2.95. The predicted octanol–water partition coefficient (Wildman–Crippen LogP) is 12.5. The van der Waals surface area contributed by atoms with Gasteiger partial charge in [-0.05, 0) is 82.7 Å². The van der Waals surface area contributed by atoms with Crippen molar-refractivity contribution in [3.63, 3.8) is 0 Å². The lowest BCUT2D eigenvalue weighted by molar-refractivity contribution is -0.461. The number of halogens is 20. The number of aromatic nitrogens is 2. The predicted molar refractivity (Wildman–Crippen MR) is 164 cm³/mol. The molecule has 1 heterocycles. The molecule has 0 saturated heterocycles. The second-order valence-electron chi connectivity index (χ2n) is 10.6. The first kappa shape index (κ1) is 44.5. The largest absolute Gasteiger partial charge is 0.493 e.